The molecule has 0 fully saturated rings. The van der Waals surface area contributed by atoms with E-state index in [-0.39, 0.29) is 37.5 Å². The SMILES string of the molecule is CC(=NCC(=O)O)c1ccc(O)cc1O.[Zn]. The Kier molecular flexibility index (Phi) is 5.68. The van der Waals surface area contributed by atoms with Gasteiger partial charge < -0.3 is 15.3 Å². The van der Waals surface area contributed by atoms with Crippen molar-refractivity contribution >= 4 is 11.7 Å². The summed E-state index contributed by atoms with van der Waals surface area (Å²) in [4.78, 5) is 14.0. The number of phenolic OH excluding ortho intramolecular Hbond substituents is 2. The fraction of sp³-hybridized carbons (Fsp3) is 0.200. The Bertz CT molecular complexity index is 417. The average Bonchev–Trinajstić information content (AvgIpc) is 2.14. The van der Waals surface area contributed by atoms with Crippen molar-refractivity contribution in [1.82, 2.24) is 0 Å². The predicted octanol–water partition coefficient (Wildman–Crippen LogP) is 0.989. The van der Waals surface area contributed by atoms with E-state index in [1.807, 2.05) is 0 Å². The van der Waals surface area contributed by atoms with Crippen molar-refractivity contribution < 1.29 is 39.6 Å². The number of phenols is 2. The topological polar surface area (TPSA) is 90.1 Å². The van der Waals surface area contributed by atoms with Crippen LogP contribution in [0.15, 0.2) is 23.2 Å². The van der Waals surface area contributed by atoms with E-state index in [0.29, 0.717) is 11.3 Å². The summed E-state index contributed by atoms with van der Waals surface area (Å²) in [5.74, 6) is -1.21. The van der Waals surface area contributed by atoms with Crippen molar-refractivity contribution in [3.8, 4) is 11.5 Å². The molecule has 0 bridgehead atoms. The van der Waals surface area contributed by atoms with Gasteiger partial charge in [-0.2, -0.15) is 0 Å². The summed E-state index contributed by atoms with van der Waals surface area (Å²) in [7, 11) is 0. The normalized spacial score (nSPS) is 10.7. The third-order valence-electron chi connectivity index (χ3n) is 1.82. The molecule has 0 amide bonds. The standard InChI is InChI=1S/C10H11NO4.Zn/c1-6(11-5-10(14)15)8-3-2-7(12)4-9(8)13;/h2-4,12-13H,5H2,1H3,(H,14,15);. The molecule has 1 rings (SSSR count). The molecule has 0 saturated carbocycles. The number of carbonyl (C=O) groups is 1. The van der Waals surface area contributed by atoms with Crippen molar-refractivity contribution in [3.05, 3.63) is 23.8 Å². The number of benzene rings is 1. The summed E-state index contributed by atoms with van der Waals surface area (Å²) in [5.41, 5.74) is 0.823. The molecule has 16 heavy (non-hydrogen) atoms. The van der Waals surface area contributed by atoms with Gasteiger partial charge in [-0.15, -0.1) is 0 Å². The van der Waals surface area contributed by atoms with Crippen LogP contribution in [0.2, 0.25) is 0 Å². The van der Waals surface area contributed by atoms with Gasteiger partial charge in [-0.1, -0.05) is 0 Å². The van der Waals surface area contributed by atoms with Gasteiger partial charge in [0.25, 0.3) is 0 Å². The molecular weight excluding hydrogens is 264 g/mol. The minimum absolute atomic E-state index is 0. The average molecular weight is 275 g/mol. The molecule has 1 aromatic rings. The molecule has 0 atom stereocenters. The number of hydrogen-bond donors (Lipinski definition) is 3. The van der Waals surface area contributed by atoms with Crippen LogP contribution in [0.5, 0.6) is 11.5 Å². The number of aliphatic imine (C=N–C) groups is 1. The predicted molar refractivity (Wildman–Crippen MR) is 54.5 cm³/mol. The Morgan fingerprint density at radius 2 is 2.00 bits per heavy atom. The molecule has 0 unspecified atom stereocenters. The molecule has 0 aliphatic heterocycles. The summed E-state index contributed by atoms with van der Waals surface area (Å²) in [5, 5.41) is 26.9. The zero-order valence-corrected chi connectivity index (χ0v) is 11.8. The first-order chi connectivity index (χ1) is 7.00. The van der Waals surface area contributed by atoms with E-state index in [1.165, 1.54) is 18.2 Å². The van der Waals surface area contributed by atoms with Crippen LogP contribution in [0.3, 0.4) is 0 Å². The molecule has 0 aromatic heterocycles. The van der Waals surface area contributed by atoms with Crippen molar-refractivity contribution in [2.75, 3.05) is 6.54 Å². The first kappa shape index (κ1) is 14.6. The van der Waals surface area contributed by atoms with E-state index in [0.717, 1.165) is 0 Å². The van der Waals surface area contributed by atoms with Crippen LogP contribution in [-0.2, 0) is 24.3 Å². The molecule has 82 valence electrons. The number of hydrogen-bond acceptors (Lipinski definition) is 4. The smallest absolute Gasteiger partial charge is 0.325 e. The van der Waals surface area contributed by atoms with E-state index < -0.39 is 5.97 Å². The summed E-state index contributed by atoms with van der Waals surface area (Å²) in [6, 6.07) is 4.05. The molecule has 0 aliphatic carbocycles. The number of rotatable bonds is 3. The van der Waals surface area contributed by atoms with Crippen LogP contribution in [0.4, 0.5) is 0 Å². The van der Waals surface area contributed by atoms with E-state index in [1.54, 1.807) is 6.92 Å². The zero-order chi connectivity index (χ0) is 11.4. The molecule has 0 saturated heterocycles. The van der Waals surface area contributed by atoms with Gasteiger partial charge in [-0.05, 0) is 19.1 Å². The molecule has 0 radical (unpaired) electrons. The van der Waals surface area contributed by atoms with Crippen LogP contribution < -0.4 is 0 Å². The molecule has 5 nitrogen and oxygen atoms in total. The molecule has 0 spiro atoms. The van der Waals surface area contributed by atoms with Crippen molar-refractivity contribution in [3.63, 3.8) is 0 Å². The molecule has 0 aliphatic rings. The van der Waals surface area contributed by atoms with Gasteiger partial charge in [0, 0.05) is 36.8 Å². The third-order valence-corrected chi connectivity index (χ3v) is 1.82. The first-order valence-electron chi connectivity index (χ1n) is 4.26. The van der Waals surface area contributed by atoms with E-state index in [2.05, 4.69) is 4.99 Å². The van der Waals surface area contributed by atoms with Crippen molar-refractivity contribution in [2.45, 2.75) is 6.92 Å². The second-order valence-electron chi connectivity index (χ2n) is 3.00. The fourth-order valence-electron chi connectivity index (χ4n) is 1.10. The maximum atomic E-state index is 10.3. The van der Waals surface area contributed by atoms with Gasteiger partial charge in [0.05, 0.1) is 0 Å². The molecule has 1 aromatic carbocycles. The van der Waals surface area contributed by atoms with Gasteiger partial charge in [0.1, 0.15) is 18.0 Å². The van der Waals surface area contributed by atoms with Crippen LogP contribution in [0, 0.1) is 0 Å². The Morgan fingerprint density at radius 1 is 1.38 bits per heavy atom. The molecule has 6 heteroatoms. The maximum absolute atomic E-state index is 10.3. The summed E-state index contributed by atoms with van der Waals surface area (Å²) < 4.78 is 0. The molecule has 0 heterocycles. The maximum Gasteiger partial charge on any atom is 0.325 e. The third kappa shape index (κ3) is 3.99. The molecular formula is C10H11NO4Zn. The van der Waals surface area contributed by atoms with Crippen molar-refractivity contribution in [2.24, 2.45) is 4.99 Å². The Morgan fingerprint density at radius 3 is 2.50 bits per heavy atom. The van der Waals surface area contributed by atoms with Gasteiger partial charge in [-0.25, -0.2) is 0 Å². The number of aromatic hydroxyl groups is 2. The van der Waals surface area contributed by atoms with E-state index >= 15 is 0 Å². The number of nitrogens with zero attached hydrogens (tertiary/aromatic N) is 1. The summed E-state index contributed by atoms with van der Waals surface area (Å²) in [6.07, 6.45) is 0. The van der Waals surface area contributed by atoms with Gasteiger partial charge in [-0.3, -0.25) is 9.79 Å². The Balaban J connectivity index is 0.00000225. The molecule has 3 N–H and O–H groups in total. The Labute approximate surface area is 105 Å². The van der Waals surface area contributed by atoms with Gasteiger partial charge in [0.2, 0.25) is 0 Å². The van der Waals surface area contributed by atoms with Crippen LogP contribution in [0.25, 0.3) is 0 Å². The fourth-order valence-corrected chi connectivity index (χ4v) is 1.10. The monoisotopic (exact) mass is 273 g/mol. The zero-order valence-electron chi connectivity index (χ0n) is 8.84. The van der Waals surface area contributed by atoms with Crippen molar-refractivity contribution in [1.29, 1.82) is 0 Å². The second kappa shape index (κ2) is 6.23. The Hall–Kier alpha value is -1.42. The number of aliphatic carboxylic acids is 1. The number of carboxylic acids is 1. The number of carboxylic acid groups (broad SMARTS) is 1. The quantitative estimate of drug-likeness (QED) is 0.566. The first-order valence-corrected chi connectivity index (χ1v) is 4.26. The van der Waals surface area contributed by atoms with E-state index in [9.17, 15) is 9.90 Å². The van der Waals surface area contributed by atoms with Crippen LogP contribution >= 0.6 is 0 Å². The van der Waals surface area contributed by atoms with Crippen LogP contribution in [-0.4, -0.2) is 33.5 Å². The minimum atomic E-state index is -1.03. The van der Waals surface area contributed by atoms with Gasteiger partial charge >= 0.3 is 5.97 Å². The summed E-state index contributed by atoms with van der Waals surface area (Å²) >= 11 is 0. The van der Waals surface area contributed by atoms with E-state index in [4.69, 9.17) is 10.2 Å². The summed E-state index contributed by atoms with van der Waals surface area (Å²) in [6.45, 7) is 1.25. The second-order valence-corrected chi connectivity index (χ2v) is 3.00. The minimum Gasteiger partial charge on any atom is -0.508 e. The largest absolute Gasteiger partial charge is 0.508 e. The van der Waals surface area contributed by atoms with Crippen LogP contribution in [0.1, 0.15) is 12.5 Å². The van der Waals surface area contributed by atoms with Gasteiger partial charge in [0.15, 0.2) is 0 Å².